The van der Waals surface area contributed by atoms with E-state index in [0.717, 1.165) is 0 Å². The zero-order chi connectivity index (χ0) is 20.6. The zero-order valence-electron chi connectivity index (χ0n) is 15.0. The quantitative estimate of drug-likeness (QED) is 0.594. The Bertz CT molecular complexity index is 808. The van der Waals surface area contributed by atoms with Crippen LogP contribution in [-0.2, 0) is 29.4 Å². The molecule has 0 aliphatic carbocycles. The lowest BCUT2D eigenvalue weighted by Gasteiger charge is -2.34. The summed E-state index contributed by atoms with van der Waals surface area (Å²) in [5, 5.41) is 10.5. The maximum absolute atomic E-state index is 12.8. The third-order valence-electron chi connectivity index (χ3n) is 3.68. The number of carbonyl (C=O) groups is 3. The van der Waals surface area contributed by atoms with Crippen molar-refractivity contribution in [3.63, 3.8) is 0 Å². The number of carbonyl (C=O) groups excluding carboxylic acids is 3. The van der Waals surface area contributed by atoms with Crippen LogP contribution in [-0.4, -0.2) is 41.8 Å². The molecule has 27 heavy (non-hydrogen) atoms. The lowest BCUT2D eigenvalue weighted by molar-refractivity contribution is -0.191. The van der Waals surface area contributed by atoms with Crippen molar-refractivity contribution in [1.82, 2.24) is 0 Å². The Morgan fingerprint density at radius 2 is 1.70 bits per heavy atom. The molecule has 1 heterocycles. The van der Waals surface area contributed by atoms with E-state index in [1.165, 1.54) is 31.4 Å². The van der Waals surface area contributed by atoms with E-state index >= 15 is 0 Å². The normalized spacial score (nSPS) is 19.4. The molecule has 1 aliphatic heterocycles. The molecule has 2 rings (SSSR count). The predicted molar refractivity (Wildman–Crippen MR) is 96.1 cm³/mol. The molecule has 9 heteroatoms. The van der Waals surface area contributed by atoms with Crippen molar-refractivity contribution in [2.24, 2.45) is 0 Å². The van der Waals surface area contributed by atoms with Crippen molar-refractivity contribution < 1.29 is 33.7 Å². The number of rotatable bonds is 4. The molecule has 7 nitrogen and oxygen atoms in total. The molecule has 0 unspecified atom stereocenters. The highest BCUT2D eigenvalue weighted by atomic mass is 35.5. The van der Waals surface area contributed by atoms with Gasteiger partial charge in [-0.3, -0.25) is 0 Å². The van der Waals surface area contributed by atoms with Gasteiger partial charge in [-0.15, -0.1) is 0 Å². The van der Waals surface area contributed by atoms with E-state index in [2.05, 4.69) is 4.74 Å². The summed E-state index contributed by atoms with van der Waals surface area (Å²) < 4.78 is 14.9. The molecule has 0 spiro atoms. The molecule has 146 valence electrons. The summed E-state index contributed by atoms with van der Waals surface area (Å²) in [6.45, 7) is 4.82. The van der Waals surface area contributed by atoms with Crippen molar-refractivity contribution in [3.05, 3.63) is 45.5 Å². The molecular weight excluding hydrogens is 399 g/mol. The topological polar surface area (TPSA) is 99.1 Å². The Morgan fingerprint density at radius 1 is 1.15 bits per heavy atom. The highest BCUT2D eigenvalue weighted by Crippen LogP contribution is 2.41. The second-order valence-corrected chi connectivity index (χ2v) is 7.57. The fraction of sp³-hybridized carbons (Fsp3) is 0.389. The minimum atomic E-state index is -2.48. The van der Waals surface area contributed by atoms with E-state index in [0.29, 0.717) is 0 Å². The van der Waals surface area contributed by atoms with Gasteiger partial charge < -0.3 is 19.3 Å². The maximum Gasteiger partial charge on any atom is 0.351 e. The number of cyclic esters (lactones) is 1. The van der Waals surface area contributed by atoms with E-state index in [1.54, 1.807) is 20.8 Å². The van der Waals surface area contributed by atoms with Gasteiger partial charge in [0.1, 0.15) is 10.6 Å². The first-order chi connectivity index (χ1) is 12.4. The predicted octanol–water partition coefficient (Wildman–Crippen LogP) is 2.62. The lowest BCUT2D eigenvalue weighted by Crippen LogP contribution is -2.50. The van der Waals surface area contributed by atoms with Gasteiger partial charge in [0.2, 0.25) is 5.60 Å². The van der Waals surface area contributed by atoms with Crippen LogP contribution in [0.2, 0.25) is 0 Å². The second kappa shape index (κ2) is 7.50. The van der Waals surface area contributed by atoms with Gasteiger partial charge in [-0.25, -0.2) is 14.4 Å². The number of halogens is 2. The van der Waals surface area contributed by atoms with Crippen molar-refractivity contribution in [2.45, 2.75) is 38.1 Å². The molecule has 0 aromatic heterocycles. The molecule has 0 amide bonds. The van der Waals surface area contributed by atoms with E-state index in [-0.39, 0.29) is 16.2 Å². The summed E-state index contributed by atoms with van der Waals surface area (Å²) in [7, 11) is 1.22. The van der Waals surface area contributed by atoms with Gasteiger partial charge in [-0.2, -0.15) is 0 Å². The third-order valence-corrected chi connectivity index (χ3v) is 4.52. The van der Waals surface area contributed by atoms with E-state index < -0.39 is 40.2 Å². The minimum absolute atomic E-state index is 0.00767. The zero-order valence-corrected chi connectivity index (χ0v) is 16.6. The molecule has 0 saturated heterocycles. The summed E-state index contributed by atoms with van der Waals surface area (Å²) in [6.07, 6.45) is -1.60. The van der Waals surface area contributed by atoms with Gasteiger partial charge in [0.15, 0.2) is 6.10 Å². The van der Waals surface area contributed by atoms with Gasteiger partial charge in [-0.05, 0) is 38.5 Å². The largest absolute Gasteiger partial charge is 0.465 e. The van der Waals surface area contributed by atoms with Crippen molar-refractivity contribution in [3.8, 4) is 0 Å². The fourth-order valence-electron chi connectivity index (χ4n) is 2.40. The summed E-state index contributed by atoms with van der Waals surface area (Å²) in [5.74, 6) is -2.67. The van der Waals surface area contributed by atoms with Crippen LogP contribution in [0.15, 0.2) is 34.3 Å². The Balaban J connectivity index is 2.55. The molecule has 1 N–H and O–H groups in total. The number of methoxy groups -OCH3 is 1. The Kier molecular flexibility index (Phi) is 5.89. The summed E-state index contributed by atoms with van der Waals surface area (Å²) >= 11 is 11.8. The van der Waals surface area contributed by atoms with Crippen LogP contribution in [0.4, 0.5) is 0 Å². The molecule has 1 aromatic carbocycles. The fourth-order valence-corrected chi connectivity index (χ4v) is 2.83. The number of benzene rings is 1. The van der Waals surface area contributed by atoms with Gasteiger partial charge >= 0.3 is 17.9 Å². The first-order valence-electron chi connectivity index (χ1n) is 7.82. The van der Waals surface area contributed by atoms with E-state index in [1.807, 2.05) is 0 Å². The lowest BCUT2D eigenvalue weighted by atomic mass is 9.87. The summed E-state index contributed by atoms with van der Waals surface area (Å²) in [4.78, 5) is 36.2. The molecular formula is C18H18Cl2O7. The van der Waals surface area contributed by atoms with Crippen LogP contribution in [0, 0.1) is 0 Å². The van der Waals surface area contributed by atoms with Crippen LogP contribution in [0.25, 0.3) is 0 Å². The molecule has 0 radical (unpaired) electrons. The van der Waals surface area contributed by atoms with Gasteiger partial charge in [-0.1, -0.05) is 35.3 Å². The highest BCUT2D eigenvalue weighted by molar-refractivity contribution is 6.48. The maximum atomic E-state index is 12.8. The molecule has 0 saturated carbocycles. The molecule has 1 aromatic rings. The average Bonchev–Trinajstić information content (AvgIpc) is 2.86. The first-order valence-corrected chi connectivity index (χ1v) is 8.58. The number of hydrogen-bond donors (Lipinski definition) is 1. The van der Waals surface area contributed by atoms with Crippen LogP contribution >= 0.6 is 23.2 Å². The van der Waals surface area contributed by atoms with Crippen LogP contribution in [0.1, 0.15) is 36.7 Å². The smallest absolute Gasteiger partial charge is 0.351 e. The molecule has 0 fully saturated rings. The highest BCUT2D eigenvalue weighted by Gasteiger charge is 2.55. The second-order valence-electron chi connectivity index (χ2n) is 6.78. The third kappa shape index (κ3) is 4.10. The van der Waals surface area contributed by atoms with Crippen molar-refractivity contribution in [1.29, 1.82) is 0 Å². The summed E-state index contributed by atoms with van der Waals surface area (Å²) in [6, 6.07) is 5.29. The standard InChI is InChI=1S/C18H18Cl2O7/c1-17(2,3)27-16(23)18(24,13-11(19)12(20)15(22)26-13)10-7-5-9(6-8-10)14(21)25-4/h5-8,13,24H,1-4H3/t13-,18+/m1/s1. The SMILES string of the molecule is COC(=O)c1ccc([C@@](O)(C(=O)OC(C)(C)C)[C@@H]2OC(=O)C(Cl)=C2Cl)cc1. The number of hydrogen-bond acceptors (Lipinski definition) is 7. The minimum Gasteiger partial charge on any atom is -0.465 e. The van der Waals surface area contributed by atoms with Gasteiger partial charge in [0.25, 0.3) is 0 Å². The summed E-state index contributed by atoms with van der Waals surface area (Å²) in [5.41, 5.74) is -3.24. The van der Waals surface area contributed by atoms with Crippen LogP contribution in [0.5, 0.6) is 0 Å². The number of aliphatic hydroxyl groups is 1. The average molecular weight is 417 g/mol. The Hall–Kier alpha value is -2.09. The molecule has 1 aliphatic rings. The van der Waals surface area contributed by atoms with Crippen molar-refractivity contribution in [2.75, 3.05) is 7.11 Å². The van der Waals surface area contributed by atoms with E-state index in [4.69, 9.17) is 32.7 Å². The van der Waals surface area contributed by atoms with E-state index in [9.17, 15) is 19.5 Å². The monoisotopic (exact) mass is 416 g/mol. The van der Waals surface area contributed by atoms with Gasteiger partial charge in [0.05, 0.1) is 17.7 Å². The number of esters is 3. The van der Waals surface area contributed by atoms with Gasteiger partial charge in [0, 0.05) is 0 Å². The van der Waals surface area contributed by atoms with Crippen LogP contribution < -0.4 is 0 Å². The van der Waals surface area contributed by atoms with Crippen LogP contribution in [0.3, 0.4) is 0 Å². The first kappa shape index (κ1) is 21.2. The Morgan fingerprint density at radius 3 is 2.11 bits per heavy atom. The molecule has 2 atom stereocenters. The number of ether oxygens (including phenoxy) is 3. The Labute approximate surface area is 165 Å². The molecule has 0 bridgehead atoms. The van der Waals surface area contributed by atoms with Crippen molar-refractivity contribution >= 4 is 41.1 Å².